The first-order valence-corrected chi connectivity index (χ1v) is 10.0. The number of amides is 2. The molecule has 0 heterocycles. The number of benzene rings is 2. The van der Waals surface area contributed by atoms with Crippen LogP contribution in [0.15, 0.2) is 42.5 Å². The van der Waals surface area contributed by atoms with Crippen LogP contribution in [0, 0.1) is 0 Å². The Kier molecular flexibility index (Phi) is 7.12. The highest BCUT2D eigenvalue weighted by Gasteiger charge is 2.20. The monoisotopic (exact) mass is 434 g/mol. The lowest BCUT2D eigenvalue weighted by atomic mass is 10.1. The largest absolute Gasteiger partial charge is 0.452 e. The van der Waals surface area contributed by atoms with Crippen LogP contribution in [-0.2, 0) is 9.53 Å². The van der Waals surface area contributed by atoms with E-state index in [0.717, 1.165) is 25.7 Å². The second kappa shape index (κ2) is 9.76. The topological polar surface area (TPSA) is 84.5 Å². The van der Waals surface area contributed by atoms with Crippen LogP contribution < -0.4 is 10.6 Å². The molecule has 1 aliphatic carbocycles. The number of hydrogen-bond acceptors (Lipinski definition) is 4. The molecule has 2 amide bonds. The number of halogens is 2. The quantitative estimate of drug-likeness (QED) is 0.657. The predicted octanol–water partition coefficient (Wildman–Crippen LogP) is 4.46. The van der Waals surface area contributed by atoms with Crippen LogP contribution in [0.25, 0.3) is 0 Å². The lowest BCUT2D eigenvalue weighted by molar-refractivity contribution is -0.119. The van der Waals surface area contributed by atoms with Crippen LogP contribution in [0.5, 0.6) is 0 Å². The molecule has 1 fully saturated rings. The molecule has 0 saturated heterocycles. The smallest absolute Gasteiger partial charge is 0.340 e. The standard InChI is InChI=1S/C21H20Cl2N2O4/c22-13-9-10-15(17(23)11-13)21(28)29-12-19(26)25-18-8-4-3-7-16(18)20(27)24-14-5-1-2-6-14/h3-4,7-11,14H,1-2,5-6,12H2,(H,24,27)(H,25,26). The van der Waals surface area contributed by atoms with Crippen LogP contribution in [-0.4, -0.2) is 30.4 Å². The molecule has 3 rings (SSSR count). The number of nitrogens with one attached hydrogen (secondary N) is 2. The molecule has 29 heavy (non-hydrogen) atoms. The van der Waals surface area contributed by atoms with E-state index in [2.05, 4.69) is 10.6 Å². The van der Waals surface area contributed by atoms with E-state index in [9.17, 15) is 14.4 Å². The van der Waals surface area contributed by atoms with Crippen molar-refractivity contribution in [1.82, 2.24) is 5.32 Å². The van der Waals surface area contributed by atoms with E-state index < -0.39 is 18.5 Å². The second-order valence-corrected chi connectivity index (χ2v) is 7.59. The van der Waals surface area contributed by atoms with Crippen molar-refractivity contribution in [3.05, 3.63) is 63.6 Å². The first kappa shape index (κ1) is 21.1. The van der Waals surface area contributed by atoms with Gasteiger partial charge in [0.1, 0.15) is 0 Å². The van der Waals surface area contributed by atoms with Gasteiger partial charge in [-0.05, 0) is 43.2 Å². The molecule has 1 aliphatic rings. The van der Waals surface area contributed by atoms with E-state index >= 15 is 0 Å². The zero-order valence-corrected chi connectivity index (χ0v) is 17.1. The maximum absolute atomic E-state index is 12.5. The Morgan fingerprint density at radius 1 is 1.00 bits per heavy atom. The summed E-state index contributed by atoms with van der Waals surface area (Å²) in [5, 5.41) is 6.13. The van der Waals surface area contributed by atoms with Gasteiger partial charge in [-0.3, -0.25) is 9.59 Å². The van der Waals surface area contributed by atoms with Crippen molar-refractivity contribution in [1.29, 1.82) is 0 Å². The molecule has 8 heteroatoms. The number of carbonyl (C=O) groups excluding carboxylic acids is 3. The lowest BCUT2D eigenvalue weighted by Gasteiger charge is -2.15. The highest BCUT2D eigenvalue weighted by atomic mass is 35.5. The van der Waals surface area contributed by atoms with Crippen LogP contribution in [0.2, 0.25) is 10.0 Å². The first-order chi connectivity index (χ1) is 13.9. The normalized spacial score (nSPS) is 13.7. The van der Waals surface area contributed by atoms with Crippen molar-refractivity contribution in [3.8, 4) is 0 Å². The molecule has 2 aromatic rings. The molecule has 0 aromatic heterocycles. The highest BCUT2D eigenvalue weighted by molar-refractivity contribution is 6.36. The number of rotatable bonds is 6. The fourth-order valence-electron chi connectivity index (χ4n) is 3.17. The summed E-state index contributed by atoms with van der Waals surface area (Å²) in [6, 6.07) is 11.2. The minimum atomic E-state index is -0.742. The summed E-state index contributed by atoms with van der Waals surface area (Å²) < 4.78 is 5.01. The van der Waals surface area contributed by atoms with Gasteiger partial charge in [0, 0.05) is 11.1 Å². The van der Waals surface area contributed by atoms with Gasteiger partial charge in [-0.15, -0.1) is 0 Å². The number of hydrogen-bond donors (Lipinski definition) is 2. The van der Waals surface area contributed by atoms with Crippen molar-refractivity contribution in [3.63, 3.8) is 0 Å². The fourth-order valence-corrected chi connectivity index (χ4v) is 3.66. The minimum Gasteiger partial charge on any atom is -0.452 e. The molecule has 0 aliphatic heterocycles. The van der Waals surface area contributed by atoms with Crippen LogP contribution in [0.1, 0.15) is 46.4 Å². The molecule has 2 N–H and O–H groups in total. The average Bonchev–Trinajstić information content (AvgIpc) is 3.19. The molecule has 0 unspecified atom stereocenters. The maximum Gasteiger partial charge on any atom is 0.340 e. The summed E-state index contributed by atoms with van der Waals surface area (Å²) in [4.78, 5) is 36.9. The molecule has 152 valence electrons. The van der Waals surface area contributed by atoms with E-state index in [1.807, 2.05) is 0 Å². The van der Waals surface area contributed by atoms with E-state index in [1.165, 1.54) is 18.2 Å². The molecular formula is C21H20Cl2N2O4. The number of carbonyl (C=O) groups is 3. The second-order valence-electron chi connectivity index (χ2n) is 6.75. The molecule has 1 saturated carbocycles. The SMILES string of the molecule is O=C(COC(=O)c1ccc(Cl)cc1Cl)Nc1ccccc1C(=O)NC1CCCC1. The van der Waals surface area contributed by atoms with Gasteiger partial charge in [-0.2, -0.15) is 0 Å². The third-order valence-electron chi connectivity index (χ3n) is 4.62. The van der Waals surface area contributed by atoms with E-state index in [0.29, 0.717) is 16.3 Å². The van der Waals surface area contributed by atoms with Gasteiger partial charge < -0.3 is 15.4 Å². The van der Waals surface area contributed by atoms with Crippen LogP contribution in [0.3, 0.4) is 0 Å². The Morgan fingerprint density at radius 2 is 1.72 bits per heavy atom. The van der Waals surface area contributed by atoms with E-state index in [4.69, 9.17) is 27.9 Å². The number of anilines is 1. The number of para-hydroxylation sites is 1. The summed E-state index contributed by atoms with van der Waals surface area (Å²) in [6.45, 7) is -0.517. The predicted molar refractivity (Wildman–Crippen MR) is 112 cm³/mol. The van der Waals surface area contributed by atoms with Crippen molar-refractivity contribution in [2.24, 2.45) is 0 Å². The Bertz CT molecular complexity index is 927. The summed E-state index contributed by atoms with van der Waals surface area (Å²) >= 11 is 11.8. The van der Waals surface area contributed by atoms with E-state index in [-0.39, 0.29) is 22.5 Å². The van der Waals surface area contributed by atoms with Gasteiger partial charge in [0.2, 0.25) is 0 Å². The van der Waals surface area contributed by atoms with Gasteiger partial charge in [-0.1, -0.05) is 48.2 Å². The van der Waals surface area contributed by atoms with Crippen molar-refractivity contribution in [2.75, 3.05) is 11.9 Å². The average molecular weight is 435 g/mol. The van der Waals surface area contributed by atoms with E-state index in [1.54, 1.807) is 24.3 Å². The minimum absolute atomic E-state index is 0.111. The summed E-state index contributed by atoms with van der Waals surface area (Å²) in [5.41, 5.74) is 0.827. The molecule has 6 nitrogen and oxygen atoms in total. The van der Waals surface area contributed by atoms with Gasteiger partial charge in [0.05, 0.1) is 21.8 Å². The zero-order valence-electron chi connectivity index (χ0n) is 15.5. The van der Waals surface area contributed by atoms with Gasteiger partial charge in [-0.25, -0.2) is 4.79 Å². The van der Waals surface area contributed by atoms with Crippen molar-refractivity contribution in [2.45, 2.75) is 31.7 Å². The highest BCUT2D eigenvalue weighted by Crippen LogP contribution is 2.22. The Hall–Kier alpha value is -2.57. The third kappa shape index (κ3) is 5.71. The number of ether oxygens (including phenoxy) is 1. The molecular weight excluding hydrogens is 415 g/mol. The van der Waals surface area contributed by atoms with Crippen LogP contribution >= 0.6 is 23.2 Å². The van der Waals surface area contributed by atoms with Gasteiger partial charge in [0.25, 0.3) is 11.8 Å². The lowest BCUT2D eigenvalue weighted by Crippen LogP contribution is -2.33. The van der Waals surface area contributed by atoms with Gasteiger partial charge >= 0.3 is 5.97 Å². The maximum atomic E-state index is 12.5. The third-order valence-corrected chi connectivity index (χ3v) is 5.17. The van der Waals surface area contributed by atoms with Crippen molar-refractivity contribution < 1.29 is 19.1 Å². The Labute approximate surface area is 178 Å². The summed E-state index contributed by atoms with van der Waals surface area (Å²) in [6.07, 6.45) is 4.13. The molecule has 0 spiro atoms. The fraction of sp³-hybridized carbons (Fsp3) is 0.286. The molecule has 0 bridgehead atoms. The summed E-state index contributed by atoms with van der Waals surface area (Å²) in [7, 11) is 0. The Balaban J connectivity index is 1.59. The molecule has 0 radical (unpaired) electrons. The Morgan fingerprint density at radius 3 is 2.45 bits per heavy atom. The number of esters is 1. The molecule has 2 aromatic carbocycles. The van der Waals surface area contributed by atoms with Crippen molar-refractivity contribution >= 4 is 46.7 Å². The zero-order chi connectivity index (χ0) is 20.8. The first-order valence-electron chi connectivity index (χ1n) is 9.26. The molecule has 0 atom stereocenters. The summed E-state index contributed by atoms with van der Waals surface area (Å²) in [5.74, 6) is -1.55. The van der Waals surface area contributed by atoms with Crippen LogP contribution in [0.4, 0.5) is 5.69 Å². The van der Waals surface area contributed by atoms with Gasteiger partial charge in [0.15, 0.2) is 6.61 Å².